The van der Waals surface area contributed by atoms with Crippen LogP contribution in [0.2, 0.25) is 0 Å². The van der Waals surface area contributed by atoms with E-state index in [0.29, 0.717) is 5.69 Å². The van der Waals surface area contributed by atoms with Gasteiger partial charge in [-0.3, -0.25) is 0 Å². The molecule has 0 spiro atoms. The van der Waals surface area contributed by atoms with Gasteiger partial charge in [0.05, 0.1) is 11.3 Å². The zero-order chi connectivity index (χ0) is 10.0. The van der Waals surface area contributed by atoms with Gasteiger partial charge in [0.15, 0.2) is 0 Å². The van der Waals surface area contributed by atoms with Crippen LogP contribution in [0.25, 0.3) is 0 Å². The lowest BCUT2D eigenvalue weighted by Crippen LogP contribution is -2.11. The maximum absolute atomic E-state index is 13.2. The van der Waals surface area contributed by atoms with Crippen molar-refractivity contribution in [3.63, 3.8) is 0 Å². The topological polar surface area (TPSA) is 40.5 Å². The normalized spacial score (nSPS) is 9.07. The number of aromatic carboxylic acids is 1. The summed E-state index contributed by atoms with van der Waals surface area (Å²) >= 11 is 0. The maximum atomic E-state index is 13.2. The van der Waals surface area contributed by atoms with Crippen molar-refractivity contribution in [1.29, 1.82) is 0 Å². The van der Waals surface area contributed by atoms with Crippen LogP contribution >= 0.6 is 12.4 Å². The summed E-state index contributed by atoms with van der Waals surface area (Å²) < 4.78 is 13.2. The van der Waals surface area contributed by atoms with Crippen LogP contribution in [-0.4, -0.2) is 25.2 Å². The lowest BCUT2D eigenvalue weighted by Gasteiger charge is -2.13. The molecule has 0 aliphatic carbocycles. The molecule has 1 aromatic carbocycles. The number of halogens is 2. The second-order valence-corrected chi connectivity index (χ2v) is 2.87. The Bertz CT molecular complexity index is 342. The minimum Gasteiger partial charge on any atom is -0.478 e. The van der Waals surface area contributed by atoms with Crippen molar-refractivity contribution < 1.29 is 14.3 Å². The zero-order valence-electron chi connectivity index (χ0n) is 7.82. The lowest BCUT2D eigenvalue weighted by molar-refractivity contribution is 0.0696. The van der Waals surface area contributed by atoms with E-state index in [1.54, 1.807) is 19.0 Å². The van der Waals surface area contributed by atoms with Crippen molar-refractivity contribution in [2.45, 2.75) is 0 Å². The predicted molar refractivity (Wildman–Crippen MR) is 54.9 cm³/mol. The highest BCUT2D eigenvalue weighted by Crippen LogP contribution is 2.17. The molecule has 0 bridgehead atoms. The fourth-order valence-corrected chi connectivity index (χ4v) is 1.00. The second-order valence-electron chi connectivity index (χ2n) is 2.87. The van der Waals surface area contributed by atoms with Gasteiger partial charge in [-0.05, 0) is 18.2 Å². The smallest absolute Gasteiger partial charge is 0.335 e. The standard InChI is InChI=1S/C9H10FNO2.ClH/c1-11(2)8-4-3-6(9(12)13)5-7(8)10;/h3-5H,1-2H3,(H,12,13);1H. The molecule has 0 aliphatic rings. The number of carboxylic acid groups (broad SMARTS) is 1. The Balaban J connectivity index is 0.00000169. The molecule has 0 saturated carbocycles. The molecule has 14 heavy (non-hydrogen) atoms. The molecule has 1 rings (SSSR count). The van der Waals surface area contributed by atoms with Gasteiger partial charge in [0.2, 0.25) is 0 Å². The summed E-state index contributed by atoms with van der Waals surface area (Å²) in [6.45, 7) is 0. The fraction of sp³-hybridized carbons (Fsp3) is 0.222. The van der Waals surface area contributed by atoms with Gasteiger partial charge in [0.1, 0.15) is 5.82 Å². The lowest BCUT2D eigenvalue weighted by atomic mass is 10.2. The van der Waals surface area contributed by atoms with E-state index >= 15 is 0 Å². The van der Waals surface area contributed by atoms with Crippen LogP contribution in [0.1, 0.15) is 10.4 Å². The van der Waals surface area contributed by atoms with E-state index in [4.69, 9.17) is 5.11 Å². The van der Waals surface area contributed by atoms with E-state index in [1.165, 1.54) is 12.1 Å². The van der Waals surface area contributed by atoms with Crippen molar-refractivity contribution in [3.8, 4) is 0 Å². The SMILES string of the molecule is CN(C)c1ccc(C(=O)O)cc1F.Cl. The Morgan fingerprint density at radius 3 is 2.36 bits per heavy atom. The molecule has 0 aromatic heterocycles. The van der Waals surface area contributed by atoms with Gasteiger partial charge in [0.25, 0.3) is 0 Å². The van der Waals surface area contributed by atoms with Crippen LogP contribution in [0.4, 0.5) is 10.1 Å². The minimum absolute atomic E-state index is 0. The highest BCUT2D eigenvalue weighted by molar-refractivity contribution is 5.88. The molecule has 0 radical (unpaired) electrons. The fourth-order valence-electron chi connectivity index (χ4n) is 1.00. The summed E-state index contributed by atoms with van der Waals surface area (Å²) in [6.07, 6.45) is 0. The van der Waals surface area contributed by atoms with Gasteiger partial charge in [-0.15, -0.1) is 12.4 Å². The Kier molecular flexibility index (Phi) is 4.37. The Labute approximate surface area is 87.6 Å². The largest absolute Gasteiger partial charge is 0.478 e. The van der Waals surface area contributed by atoms with Crippen molar-refractivity contribution in [1.82, 2.24) is 0 Å². The molecule has 3 nitrogen and oxygen atoms in total. The summed E-state index contributed by atoms with van der Waals surface area (Å²) in [6, 6.07) is 3.83. The van der Waals surface area contributed by atoms with Crippen LogP contribution in [0.15, 0.2) is 18.2 Å². The van der Waals surface area contributed by atoms with Crippen molar-refractivity contribution >= 4 is 24.1 Å². The number of nitrogens with zero attached hydrogens (tertiary/aromatic N) is 1. The predicted octanol–water partition coefficient (Wildman–Crippen LogP) is 2.01. The Morgan fingerprint density at radius 2 is 2.00 bits per heavy atom. The zero-order valence-corrected chi connectivity index (χ0v) is 8.64. The molecular formula is C9H11ClFNO2. The van der Waals surface area contributed by atoms with E-state index in [2.05, 4.69) is 0 Å². The minimum atomic E-state index is -1.12. The molecule has 78 valence electrons. The highest BCUT2D eigenvalue weighted by atomic mass is 35.5. The third-order valence-electron chi connectivity index (χ3n) is 1.68. The number of anilines is 1. The Morgan fingerprint density at radius 1 is 1.43 bits per heavy atom. The quantitative estimate of drug-likeness (QED) is 0.827. The van der Waals surface area contributed by atoms with E-state index in [0.717, 1.165) is 6.07 Å². The van der Waals surface area contributed by atoms with Crippen molar-refractivity contribution in [2.75, 3.05) is 19.0 Å². The molecular weight excluding hydrogens is 209 g/mol. The average Bonchev–Trinajstić information content (AvgIpc) is 2.03. The molecule has 1 N–H and O–H groups in total. The van der Waals surface area contributed by atoms with Crippen molar-refractivity contribution in [3.05, 3.63) is 29.6 Å². The maximum Gasteiger partial charge on any atom is 0.335 e. The summed E-state index contributed by atoms with van der Waals surface area (Å²) in [5.74, 6) is -1.64. The molecule has 0 atom stereocenters. The van der Waals surface area contributed by atoms with Gasteiger partial charge < -0.3 is 10.0 Å². The van der Waals surface area contributed by atoms with E-state index < -0.39 is 11.8 Å². The number of hydrogen-bond donors (Lipinski definition) is 1. The van der Waals surface area contributed by atoms with Gasteiger partial charge >= 0.3 is 5.97 Å². The summed E-state index contributed by atoms with van der Waals surface area (Å²) in [5, 5.41) is 8.56. The molecule has 0 amide bonds. The molecule has 0 fully saturated rings. The van der Waals surface area contributed by atoms with Crippen LogP contribution in [-0.2, 0) is 0 Å². The number of benzene rings is 1. The number of hydrogen-bond acceptors (Lipinski definition) is 2. The molecule has 0 unspecified atom stereocenters. The third-order valence-corrected chi connectivity index (χ3v) is 1.68. The molecule has 1 aromatic rings. The first kappa shape index (κ1) is 12.7. The third kappa shape index (κ3) is 2.60. The van der Waals surface area contributed by atoms with Gasteiger partial charge in [-0.25, -0.2) is 9.18 Å². The Hall–Kier alpha value is -1.29. The van der Waals surface area contributed by atoms with Crippen molar-refractivity contribution in [2.24, 2.45) is 0 Å². The van der Waals surface area contributed by atoms with Crippen LogP contribution in [0.5, 0.6) is 0 Å². The molecule has 0 aliphatic heterocycles. The molecule has 0 saturated heterocycles. The van der Waals surface area contributed by atoms with Crippen LogP contribution < -0.4 is 4.90 Å². The first-order valence-electron chi connectivity index (χ1n) is 3.72. The second kappa shape index (κ2) is 4.81. The highest BCUT2D eigenvalue weighted by Gasteiger charge is 2.08. The van der Waals surface area contributed by atoms with Gasteiger partial charge in [-0.2, -0.15) is 0 Å². The van der Waals surface area contributed by atoms with E-state index in [1.807, 2.05) is 0 Å². The first-order chi connectivity index (χ1) is 6.02. The number of carboxylic acids is 1. The summed E-state index contributed by atoms with van der Waals surface area (Å²) in [5.41, 5.74) is 0.341. The molecule has 0 heterocycles. The van der Waals surface area contributed by atoms with E-state index in [-0.39, 0.29) is 18.0 Å². The molecule has 5 heteroatoms. The monoisotopic (exact) mass is 219 g/mol. The van der Waals surface area contributed by atoms with Crippen LogP contribution in [0.3, 0.4) is 0 Å². The number of carbonyl (C=O) groups is 1. The number of rotatable bonds is 2. The first-order valence-corrected chi connectivity index (χ1v) is 3.72. The van der Waals surface area contributed by atoms with Gasteiger partial charge in [-0.1, -0.05) is 0 Å². The van der Waals surface area contributed by atoms with Crippen LogP contribution in [0, 0.1) is 5.82 Å². The summed E-state index contributed by atoms with van der Waals surface area (Å²) in [7, 11) is 3.39. The van der Waals surface area contributed by atoms with E-state index in [9.17, 15) is 9.18 Å². The van der Waals surface area contributed by atoms with Gasteiger partial charge in [0, 0.05) is 14.1 Å². The average molecular weight is 220 g/mol. The summed E-state index contributed by atoms with van der Waals surface area (Å²) in [4.78, 5) is 12.0.